The molecule has 1 N–H and O–H groups in total. The lowest BCUT2D eigenvalue weighted by molar-refractivity contribution is 0.0674. The van der Waals surface area contributed by atoms with Crippen molar-refractivity contribution in [2.24, 2.45) is 0 Å². The van der Waals surface area contributed by atoms with E-state index in [-0.39, 0.29) is 6.10 Å². The van der Waals surface area contributed by atoms with Crippen molar-refractivity contribution < 1.29 is 9.84 Å². The van der Waals surface area contributed by atoms with Gasteiger partial charge in [-0.3, -0.25) is 0 Å². The molecule has 19 heavy (non-hydrogen) atoms. The molecule has 1 aliphatic rings. The number of thiophene rings is 1. The Hall–Kier alpha value is -0.840. The Bertz CT molecular complexity index is 594. The zero-order valence-electron chi connectivity index (χ0n) is 10.6. The van der Waals surface area contributed by atoms with Crippen molar-refractivity contribution in [3.8, 4) is 5.75 Å². The Balaban J connectivity index is 1.90. The number of ether oxygens (including phenoxy) is 1. The van der Waals surface area contributed by atoms with Crippen LogP contribution in [0, 0.1) is 0 Å². The summed E-state index contributed by atoms with van der Waals surface area (Å²) in [6.07, 6.45) is 1.17. The number of aryl methyl sites for hydroxylation is 1. The van der Waals surface area contributed by atoms with E-state index in [1.807, 2.05) is 18.2 Å². The van der Waals surface area contributed by atoms with E-state index in [2.05, 4.69) is 35.0 Å². The standard InChI is InChI=1S/C15H15BrO2S/c1-2-10-4-6-15(19-10)14-8-12(17)11-7-9(16)3-5-13(11)18-14/h3-7,12,14,17H,2,8H2,1H3. The summed E-state index contributed by atoms with van der Waals surface area (Å²) in [5.41, 5.74) is 0.873. The second kappa shape index (κ2) is 5.27. The van der Waals surface area contributed by atoms with Crippen molar-refractivity contribution in [3.63, 3.8) is 0 Å². The maximum atomic E-state index is 10.3. The van der Waals surface area contributed by atoms with Crippen molar-refractivity contribution in [2.45, 2.75) is 32.0 Å². The van der Waals surface area contributed by atoms with Crippen LogP contribution in [0.15, 0.2) is 34.8 Å². The molecule has 2 unspecified atom stereocenters. The van der Waals surface area contributed by atoms with E-state index in [9.17, 15) is 5.11 Å². The Morgan fingerprint density at radius 2 is 2.21 bits per heavy atom. The van der Waals surface area contributed by atoms with Crippen LogP contribution in [0.3, 0.4) is 0 Å². The van der Waals surface area contributed by atoms with Crippen LogP contribution >= 0.6 is 27.3 Å². The number of hydrogen-bond acceptors (Lipinski definition) is 3. The number of rotatable bonds is 2. The summed E-state index contributed by atoms with van der Waals surface area (Å²) in [4.78, 5) is 2.55. The SMILES string of the molecule is CCc1ccc(C2CC(O)c3cc(Br)ccc3O2)s1. The number of fused-ring (bicyclic) bond motifs is 1. The molecule has 2 atom stereocenters. The van der Waals surface area contributed by atoms with Crippen molar-refractivity contribution in [1.29, 1.82) is 0 Å². The number of benzene rings is 1. The topological polar surface area (TPSA) is 29.5 Å². The number of hydrogen-bond donors (Lipinski definition) is 1. The Labute approximate surface area is 125 Å². The van der Waals surface area contributed by atoms with Crippen LogP contribution in [0.1, 0.15) is 40.9 Å². The minimum absolute atomic E-state index is 0.0334. The average Bonchev–Trinajstić information content (AvgIpc) is 2.88. The van der Waals surface area contributed by atoms with Gasteiger partial charge in [-0.25, -0.2) is 0 Å². The minimum atomic E-state index is -0.460. The second-order valence-corrected chi connectivity index (χ2v) is 6.81. The van der Waals surface area contributed by atoms with Crippen LogP contribution < -0.4 is 4.74 Å². The molecule has 2 nitrogen and oxygen atoms in total. The quantitative estimate of drug-likeness (QED) is 0.864. The van der Waals surface area contributed by atoms with Gasteiger partial charge in [-0.2, -0.15) is 0 Å². The van der Waals surface area contributed by atoms with Crippen molar-refractivity contribution in [2.75, 3.05) is 0 Å². The highest BCUT2D eigenvalue weighted by Gasteiger charge is 2.29. The summed E-state index contributed by atoms with van der Waals surface area (Å²) in [7, 11) is 0. The lowest BCUT2D eigenvalue weighted by Crippen LogP contribution is -2.18. The first-order valence-corrected chi connectivity index (χ1v) is 8.01. The molecule has 0 radical (unpaired) electrons. The van der Waals surface area contributed by atoms with Gasteiger partial charge in [0.25, 0.3) is 0 Å². The molecule has 1 aromatic heterocycles. The molecule has 1 aromatic carbocycles. The van der Waals surface area contributed by atoms with Gasteiger partial charge in [-0.05, 0) is 36.8 Å². The van der Waals surface area contributed by atoms with Crippen LogP contribution in [-0.2, 0) is 6.42 Å². The minimum Gasteiger partial charge on any atom is -0.484 e. The number of aliphatic hydroxyl groups is 1. The highest BCUT2D eigenvalue weighted by atomic mass is 79.9. The zero-order valence-corrected chi connectivity index (χ0v) is 13.0. The maximum Gasteiger partial charge on any atom is 0.136 e. The van der Waals surface area contributed by atoms with Gasteiger partial charge < -0.3 is 9.84 Å². The molecule has 100 valence electrons. The van der Waals surface area contributed by atoms with Gasteiger partial charge in [0.15, 0.2) is 0 Å². The molecular formula is C15H15BrO2S. The lowest BCUT2D eigenvalue weighted by Gasteiger charge is -2.29. The third-order valence-corrected chi connectivity index (χ3v) is 5.20. The third-order valence-electron chi connectivity index (χ3n) is 3.39. The van der Waals surface area contributed by atoms with E-state index in [1.54, 1.807) is 11.3 Å². The predicted octanol–water partition coefficient (Wildman–Crippen LogP) is 4.63. The molecule has 1 aliphatic heterocycles. The lowest BCUT2D eigenvalue weighted by atomic mass is 9.98. The van der Waals surface area contributed by atoms with Crippen molar-refractivity contribution in [1.82, 2.24) is 0 Å². The predicted molar refractivity (Wildman–Crippen MR) is 80.8 cm³/mol. The molecular weight excluding hydrogens is 324 g/mol. The Morgan fingerprint density at radius 1 is 1.37 bits per heavy atom. The van der Waals surface area contributed by atoms with E-state index in [0.717, 1.165) is 22.2 Å². The summed E-state index contributed by atoms with van der Waals surface area (Å²) in [6, 6.07) is 10.1. The van der Waals surface area contributed by atoms with E-state index >= 15 is 0 Å². The molecule has 0 spiro atoms. The second-order valence-electron chi connectivity index (χ2n) is 4.70. The molecule has 0 fully saturated rings. The molecule has 0 amide bonds. The van der Waals surface area contributed by atoms with Crippen LogP contribution in [0.5, 0.6) is 5.75 Å². The molecule has 0 saturated heterocycles. The van der Waals surface area contributed by atoms with Crippen LogP contribution in [-0.4, -0.2) is 5.11 Å². The van der Waals surface area contributed by atoms with E-state index in [4.69, 9.17) is 4.74 Å². The summed E-state index contributed by atoms with van der Waals surface area (Å²) >= 11 is 5.20. The number of aliphatic hydroxyl groups excluding tert-OH is 1. The summed E-state index contributed by atoms with van der Waals surface area (Å²) < 4.78 is 7.00. The van der Waals surface area contributed by atoms with Gasteiger partial charge >= 0.3 is 0 Å². The van der Waals surface area contributed by atoms with Gasteiger partial charge in [-0.15, -0.1) is 11.3 Å². The molecule has 3 rings (SSSR count). The Morgan fingerprint density at radius 3 is 2.95 bits per heavy atom. The molecule has 2 heterocycles. The first-order chi connectivity index (χ1) is 9.17. The molecule has 4 heteroatoms. The van der Waals surface area contributed by atoms with Crippen molar-refractivity contribution in [3.05, 3.63) is 50.1 Å². The van der Waals surface area contributed by atoms with Gasteiger partial charge in [0.1, 0.15) is 11.9 Å². The van der Waals surface area contributed by atoms with E-state index in [1.165, 1.54) is 9.75 Å². The van der Waals surface area contributed by atoms with Gasteiger partial charge in [0.05, 0.1) is 6.10 Å². The maximum absolute atomic E-state index is 10.3. The van der Waals surface area contributed by atoms with Gasteiger partial charge in [0, 0.05) is 26.2 Å². The number of halogens is 1. The first-order valence-electron chi connectivity index (χ1n) is 6.40. The highest BCUT2D eigenvalue weighted by molar-refractivity contribution is 9.10. The first kappa shape index (κ1) is 13.2. The van der Waals surface area contributed by atoms with Crippen LogP contribution in [0.25, 0.3) is 0 Å². The summed E-state index contributed by atoms with van der Waals surface area (Å²) in [6.45, 7) is 2.15. The monoisotopic (exact) mass is 338 g/mol. The van der Waals surface area contributed by atoms with Crippen LogP contribution in [0.2, 0.25) is 0 Å². The summed E-state index contributed by atoms with van der Waals surface area (Å²) in [5, 5.41) is 10.3. The fourth-order valence-corrected chi connectivity index (χ4v) is 3.72. The van der Waals surface area contributed by atoms with Crippen LogP contribution in [0.4, 0.5) is 0 Å². The van der Waals surface area contributed by atoms with Gasteiger partial charge in [0.2, 0.25) is 0 Å². The zero-order chi connectivity index (χ0) is 13.4. The smallest absolute Gasteiger partial charge is 0.136 e. The largest absolute Gasteiger partial charge is 0.484 e. The van der Waals surface area contributed by atoms with Crippen molar-refractivity contribution >= 4 is 27.3 Å². The molecule has 0 saturated carbocycles. The third kappa shape index (κ3) is 2.57. The Kier molecular flexibility index (Phi) is 3.65. The fraction of sp³-hybridized carbons (Fsp3) is 0.333. The van der Waals surface area contributed by atoms with E-state index in [0.29, 0.717) is 6.42 Å². The average molecular weight is 339 g/mol. The van der Waals surface area contributed by atoms with E-state index < -0.39 is 6.10 Å². The molecule has 2 aromatic rings. The highest BCUT2D eigenvalue weighted by Crippen LogP contribution is 2.43. The fourth-order valence-electron chi connectivity index (χ4n) is 2.35. The summed E-state index contributed by atoms with van der Waals surface area (Å²) in [5.74, 6) is 0.790. The molecule has 0 bridgehead atoms. The van der Waals surface area contributed by atoms with Gasteiger partial charge in [-0.1, -0.05) is 22.9 Å². The molecule has 0 aliphatic carbocycles. The normalized spacial score (nSPS) is 21.8.